The van der Waals surface area contributed by atoms with E-state index in [0.29, 0.717) is 35.8 Å². The summed E-state index contributed by atoms with van der Waals surface area (Å²) in [5.74, 6) is 6.05. The number of hydrogen-bond acceptors (Lipinski definition) is 7. The van der Waals surface area contributed by atoms with Crippen LogP contribution in [0.3, 0.4) is 0 Å². The number of oxime groups is 1. The summed E-state index contributed by atoms with van der Waals surface area (Å²) >= 11 is 0. The minimum Gasteiger partial charge on any atom is -0.497 e. The molecule has 218 valence electrons. The number of ether oxygens (including phenoxy) is 1. The molecule has 1 atom stereocenters. The lowest BCUT2D eigenvalue weighted by Gasteiger charge is -2.37. The summed E-state index contributed by atoms with van der Waals surface area (Å²) in [6.07, 6.45) is 0. The highest BCUT2D eigenvalue weighted by Gasteiger charge is 2.48. The predicted octanol–water partition coefficient (Wildman–Crippen LogP) is 2.24. The summed E-state index contributed by atoms with van der Waals surface area (Å²) in [5.41, 5.74) is 2.15. The van der Waals surface area contributed by atoms with Crippen LogP contribution in [0.2, 0.25) is 0 Å². The Labute approximate surface area is 248 Å². The van der Waals surface area contributed by atoms with E-state index in [4.69, 9.17) is 4.74 Å². The Hall–Kier alpha value is -5.50. The maximum Gasteiger partial charge on any atom is 0.323 e. The average molecular weight is 579 g/mol. The number of amides is 4. The molecule has 2 fully saturated rings. The number of nitrogens with zero attached hydrogens (tertiary/aromatic N) is 4. The zero-order chi connectivity index (χ0) is 30.0. The summed E-state index contributed by atoms with van der Waals surface area (Å²) < 4.78 is 5.24. The fraction of sp³-hybridized carbons (Fsp3) is 0.250. The SMILES string of the molecule is COc1ccc2c(c1)C(=O)N(C[C@@]1(C#Cc3ccc(C(=NO)N4CCN(c5ccccc5)CC4)cc3)NC(=O)NC1=O)C2. The Kier molecular flexibility index (Phi) is 7.34. The molecule has 0 aromatic heterocycles. The number of carbonyl (C=O) groups excluding carboxylic acids is 3. The lowest BCUT2D eigenvalue weighted by molar-refractivity contribution is -0.122. The molecule has 3 aromatic carbocycles. The van der Waals surface area contributed by atoms with E-state index in [1.165, 1.54) is 12.0 Å². The lowest BCUT2D eigenvalue weighted by atomic mass is 9.99. The molecule has 0 aliphatic carbocycles. The summed E-state index contributed by atoms with van der Waals surface area (Å²) in [7, 11) is 1.53. The van der Waals surface area contributed by atoms with Gasteiger partial charge in [0.1, 0.15) is 5.75 Å². The number of urea groups is 1. The van der Waals surface area contributed by atoms with Gasteiger partial charge in [0.25, 0.3) is 11.8 Å². The van der Waals surface area contributed by atoms with Crippen LogP contribution in [-0.2, 0) is 11.3 Å². The molecular weight excluding hydrogens is 548 g/mol. The van der Waals surface area contributed by atoms with Crippen LogP contribution in [0, 0.1) is 11.8 Å². The maximum absolute atomic E-state index is 13.1. The number of methoxy groups -OCH3 is 1. The van der Waals surface area contributed by atoms with Crippen molar-refractivity contribution in [3.63, 3.8) is 0 Å². The monoisotopic (exact) mass is 578 g/mol. The first-order valence-corrected chi connectivity index (χ1v) is 13.9. The number of rotatable bonds is 5. The second-order valence-corrected chi connectivity index (χ2v) is 10.6. The Morgan fingerprint density at radius 2 is 1.74 bits per heavy atom. The Morgan fingerprint density at radius 1 is 1.00 bits per heavy atom. The summed E-state index contributed by atoms with van der Waals surface area (Å²) in [6.45, 7) is 3.13. The number of nitrogens with one attached hydrogen (secondary N) is 2. The number of benzene rings is 3. The highest BCUT2D eigenvalue weighted by Crippen LogP contribution is 2.28. The minimum atomic E-state index is -1.62. The minimum absolute atomic E-state index is 0.123. The Balaban J connectivity index is 1.16. The third-order valence-corrected chi connectivity index (χ3v) is 7.92. The van der Waals surface area contributed by atoms with Gasteiger partial charge in [0.2, 0.25) is 5.54 Å². The van der Waals surface area contributed by atoms with E-state index in [-0.39, 0.29) is 19.0 Å². The molecule has 43 heavy (non-hydrogen) atoms. The van der Waals surface area contributed by atoms with Crippen LogP contribution in [0.15, 0.2) is 78.0 Å². The standard InChI is InChI=1S/C32H30N6O5/c1-43-26-12-11-24-20-38(29(39)27(24)19-26)21-32(30(40)33-31(41)34-32)14-13-22-7-9-23(10-8-22)28(35-42)37-17-15-36(16-18-37)25-5-3-2-4-6-25/h2-12,19,42H,15-18,20-21H2,1H3,(H2,33,34,40,41)/t32-/m1/s1. The average Bonchev–Trinajstić information content (AvgIpc) is 3.50. The molecular formula is C32H30N6O5. The molecule has 11 heteroatoms. The van der Waals surface area contributed by atoms with Gasteiger partial charge in [0.15, 0.2) is 5.84 Å². The van der Waals surface area contributed by atoms with Gasteiger partial charge in [-0.3, -0.25) is 14.9 Å². The number of anilines is 1. The van der Waals surface area contributed by atoms with Gasteiger partial charge in [-0.1, -0.05) is 41.3 Å². The number of carbonyl (C=O) groups is 3. The van der Waals surface area contributed by atoms with E-state index in [1.54, 1.807) is 36.4 Å². The van der Waals surface area contributed by atoms with Gasteiger partial charge in [-0.2, -0.15) is 0 Å². The van der Waals surface area contributed by atoms with Crippen molar-refractivity contribution in [1.29, 1.82) is 0 Å². The van der Waals surface area contributed by atoms with Crippen molar-refractivity contribution in [2.75, 3.05) is 44.7 Å². The topological polar surface area (TPSA) is 127 Å². The van der Waals surface area contributed by atoms with Crippen molar-refractivity contribution >= 4 is 29.4 Å². The van der Waals surface area contributed by atoms with Crippen LogP contribution in [0.4, 0.5) is 10.5 Å². The van der Waals surface area contributed by atoms with Crippen LogP contribution in [0.1, 0.15) is 27.0 Å². The van der Waals surface area contributed by atoms with Crippen LogP contribution in [0.25, 0.3) is 0 Å². The molecule has 0 saturated carbocycles. The Morgan fingerprint density at radius 3 is 2.40 bits per heavy atom. The molecule has 11 nitrogen and oxygen atoms in total. The first kappa shape index (κ1) is 27.7. The lowest BCUT2D eigenvalue weighted by Crippen LogP contribution is -2.54. The van der Waals surface area contributed by atoms with Gasteiger partial charge < -0.3 is 30.0 Å². The molecule has 3 aromatic rings. The van der Waals surface area contributed by atoms with Crippen molar-refractivity contribution in [3.05, 3.63) is 95.1 Å². The second kappa shape index (κ2) is 11.4. The zero-order valence-corrected chi connectivity index (χ0v) is 23.5. The summed E-state index contributed by atoms with van der Waals surface area (Å²) in [4.78, 5) is 44.1. The van der Waals surface area contributed by atoms with E-state index in [9.17, 15) is 19.6 Å². The van der Waals surface area contributed by atoms with Crippen molar-refractivity contribution in [2.24, 2.45) is 5.16 Å². The third-order valence-electron chi connectivity index (χ3n) is 7.92. The van der Waals surface area contributed by atoms with Gasteiger partial charge in [-0.15, -0.1) is 0 Å². The fourth-order valence-electron chi connectivity index (χ4n) is 5.61. The third kappa shape index (κ3) is 5.42. The zero-order valence-electron chi connectivity index (χ0n) is 23.5. The number of imide groups is 1. The van der Waals surface area contributed by atoms with Gasteiger partial charge in [0.05, 0.1) is 13.7 Å². The largest absolute Gasteiger partial charge is 0.497 e. The number of fused-ring (bicyclic) bond motifs is 1. The highest BCUT2D eigenvalue weighted by molar-refractivity contribution is 6.10. The van der Waals surface area contributed by atoms with Crippen LogP contribution in [0.5, 0.6) is 5.75 Å². The first-order valence-electron chi connectivity index (χ1n) is 13.9. The molecule has 0 spiro atoms. The summed E-state index contributed by atoms with van der Waals surface area (Å²) in [5, 5.41) is 18.3. The maximum atomic E-state index is 13.1. The molecule has 3 heterocycles. The van der Waals surface area contributed by atoms with E-state index in [0.717, 1.165) is 29.9 Å². The van der Waals surface area contributed by atoms with Crippen LogP contribution >= 0.6 is 0 Å². The van der Waals surface area contributed by atoms with Gasteiger partial charge >= 0.3 is 6.03 Å². The number of hydrogen-bond donors (Lipinski definition) is 3. The summed E-state index contributed by atoms with van der Waals surface area (Å²) in [6, 6.07) is 21.9. The second-order valence-electron chi connectivity index (χ2n) is 10.6. The Bertz CT molecular complexity index is 1650. The van der Waals surface area contributed by atoms with E-state index in [1.807, 2.05) is 29.2 Å². The smallest absolute Gasteiger partial charge is 0.323 e. The predicted molar refractivity (Wildman–Crippen MR) is 159 cm³/mol. The number of piperazine rings is 1. The van der Waals surface area contributed by atoms with Crippen molar-refractivity contribution in [3.8, 4) is 17.6 Å². The van der Waals surface area contributed by atoms with Gasteiger partial charge in [-0.05, 0) is 54.1 Å². The normalized spacial score (nSPS) is 19.9. The quantitative estimate of drug-likeness (QED) is 0.106. The van der Waals surface area contributed by atoms with Gasteiger partial charge in [0, 0.05) is 55.1 Å². The molecule has 0 radical (unpaired) electrons. The molecule has 4 amide bonds. The van der Waals surface area contributed by atoms with E-state index >= 15 is 0 Å². The number of amidine groups is 1. The van der Waals surface area contributed by atoms with Gasteiger partial charge in [-0.25, -0.2) is 4.79 Å². The molecule has 6 rings (SSSR count). The molecule has 3 aliphatic rings. The van der Waals surface area contributed by atoms with E-state index in [2.05, 4.69) is 44.7 Å². The fourth-order valence-corrected chi connectivity index (χ4v) is 5.61. The molecule has 0 bridgehead atoms. The molecule has 3 aliphatic heterocycles. The molecule has 3 N–H and O–H groups in total. The van der Waals surface area contributed by atoms with Crippen LogP contribution in [-0.4, -0.2) is 84.1 Å². The highest BCUT2D eigenvalue weighted by atomic mass is 16.5. The molecule has 0 unspecified atom stereocenters. The van der Waals surface area contributed by atoms with E-state index < -0.39 is 17.5 Å². The van der Waals surface area contributed by atoms with Crippen molar-refractivity contribution in [2.45, 2.75) is 12.1 Å². The number of para-hydroxylation sites is 1. The molecule has 2 saturated heterocycles. The first-order chi connectivity index (χ1) is 20.9. The van der Waals surface area contributed by atoms with Crippen LogP contribution < -0.4 is 20.3 Å². The van der Waals surface area contributed by atoms with Crippen molar-refractivity contribution < 1.29 is 24.3 Å². The van der Waals surface area contributed by atoms with Crippen molar-refractivity contribution in [1.82, 2.24) is 20.4 Å².